The molecule has 3 nitrogen and oxygen atoms in total. The first-order valence-electron chi connectivity index (χ1n) is 7.45. The molecule has 0 aromatic heterocycles. The first-order valence-corrected chi connectivity index (χ1v) is 7.45. The lowest BCUT2D eigenvalue weighted by Crippen LogP contribution is -2.45. The van der Waals surface area contributed by atoms with E-state index in [0.29, 0.717) is 6.04 Å². The second-order valence-electron chi connectivity index (χ2n) is 5.71. The van der Waals surface area contributed by atoms with Crippen molar-refractivity contribution in [1.82, 2.24) is 9.80 Å². The fourth-order valence-corrected chi connectivity index (χ4v) is 3.39. The van der Waals surface area contributed by atoms with Crippen molar-refractivity contribution in [1.29, 1.82) is 5.41 Å². The lowest BCUT2D eigenvalue weighted by atomic mass is 10.0. The molecule has 3 rings (SSSR count). The zero-order valence-electron chi connectivity index (χ0n) is 11.7. The highest BCUT2D eigenvalue weighted by Gasteiger charge is 2.31. The molecular formula is C16H23N3. The van der Waals surface area contributed by atoms with Crippen molar-refractivity contribution < 1.29 is 0 Å². The monoisotopic (exact) mass is 257 g/mol. The van der Waals surface area contributed by atoms with Crippen molar-refractivity contribution in [2.75, 3.05) is 19.6 Å². The molecule has 0 spiro atoms. The van der Waals surface area contributed by atoms with E-state index < -0.39 is 0 Å². The Balaban J connectivity index is 1.65. The zero-order chi connectivity index (χ0) is 13.2. The van der Waals surface area contributed by atoms with Gasteiger partial charge in [-0.05, 0) is 31.4 Å². The molecule has 1 N–H and O–H groups in total. The molecule has 19 heavy (non-hydrogen) atoms. The predicted molar refractivity (Wildman–Crippen MR) is 78.6 cm³/mol. The molecule has 2 aliphatic rings. The number of benzene rings is 1. The summed E-state index contributed by atoms with van der Waals surface area (Å²) in [7, 11) is 0. The number of hydrogen-bond acceptors (Lipinski definition) is 2. The van der Waals surface area contributed by atoms with Crippen molar-refractivity contribution in [2.24, 2.45) is 0 Å². The Bertz CT molecular complexity index is 461. The van der Waals surface area contributed by atoms with E-state index in [1.54, 1.807) is 0 Å². The maximum atomic E-state index is 8.37. The van der Waals surface area contributed by atoms with Gasteiger partial charge in [-0.25, -0.2) is 0 Å². The highest BCUT2D eigenvalue weighted by Crippen LogP contribution is 2.28. The average Bonchev–Trinajstić information content (AvgIpc) is 2.78. The van der Waals surface area contributed by atoms with Crippen LogP contribution in [0.25, 0.3) is 0 Å². The largest absolute Gasteiger partial charge is 0.349 e. The molecule has 1 saturated heterocycles. The molecule has 0 unspecified atom stereocenters. The maximum absolute atomic E-state index is 8.37. The Kier molecular flexibility index (Phi) is 3.56. The van der Waals surface area contributed by atoms with Crippen LogP contribution in [0, 0.1) is 5.41 Å². The van der Waals surface area contributed by atoms with Crippen molar-refractivity contribution in [3.8, 4) is 0 Å². The number of fused-ring (bicyclic) bond motifs is 1. The molecule has 0 saturated carbocycles. The van der Waals surface area contributed by atoms with Crippen LogP contribution in [-0.2, 0) is 6.54 Å². The van der Waals surface area contributed by atoms with Gasteiger partial charge in [-0.3, -0.25) is 5.41 Å². The average molecular weight is 257 g/mol. The summed E-state index contributed by atoms with van der Waals surface area (Å²) in [5.74, 6) is 0.740. The third-order valence-electron chi connectivity index (χ3n) is 4.44. The Labute approximate surface area is 115 Å². The van der Waals surface area contributed by atoms with Crippen LogP contribution in [0.1, 0.15) is 37.3 Å². The lowest BCUT2D eigenvalue weighted by molar-refractivity contribution is 0.153. The minimum atomic E-state index is 0.563. The molecule has 0 amide bonds. The van der Waals surface area contributed by atoms with Crippen molar-refractivity contribution in [3.63, 3.8) is 0 Å². The number of piperidine rings is 1. The summed E-state index contributed by atoms with van der Waals surface area (Å²) in [4.78, 5) is 4.87. The van der Waals surface area contributed by atoms with Gasteiger partial charge in [0.15, 0.2) is 0 Å². The fraction of sp³-hybridized carbons (Fsp3) is 0.562. The molecule has 0 radical (unpaired) electrons. The third-order valence-corrected chi connectivity index (χ3v) is 4.44. The van der Waals surface area contributed by atoms with Gasteiger partial charge in [-0.2, -0.15) is 0 Å². The van der Waals surface area contributed by atoms with E-state index in [-0.39, 0.29) is 0 Å². The second-order valence-corrected chi connectivity index (χ2v) is 5.71. The molecule has 2 aliphatic heterocycles. The van der Waals surface area contributed by atoms with Crippen LogP contribution in [0.2, 0.25) is 0 Å². The highest BCUT2D eigenvalue weighted by molar-refractivity contribution is 6.00. The van der Waals surface area contributed by atoms with Gasteiger partial charge < -0.3 is 9.80 Å². The Hall–Kier alpha value is -1.35. The summed E-state index contributed by atoms with van der Waals surface area (Å²) in [6, 6.07) is 8.94. The molecule has 102 valence electrons. The van der Waals surface area contributed by atoms with Gasteiger partial charge in [0.1, 0.15) is 5.84 Å². The Morgan fingerprint density at radius 1 is 1.21 bits per heavy atom. The molecule has 3 heteroatoms. The minimum Gasteiger partial charge on any atom is -0.349 e. The highest BCUT2D eigenvalue weighted by atomic mass is 15.2. The second kappa shape index (κ2) is 5.33. The van der Waals surface area contributed by atoms with Crippen LogP contribution in [0.5, 0.6) is 0 Å². The van der Waals surface area contributed by atoms with E-state index in [9.17, 15) is 0 Å². The van der Waals surface area contributed by atoms with Gasteiger partial charge in [-0.15, -0.1) is 0 Å². The maximum Gasteiger partial charge on any atom is 0.128 e. The van der Waals surface area contributed by atoms with Gasteiger partial charge in [0.2, 0.25) is 0 Å². The van der Waals surface area contributed by atoms with E-state index in [4.69, 9.17) is 5.41 Å². The van der Waals surface area contributed by atoms with Crippen LogP contribution >= 0.6 is 0 Å². The molecule has 1 aromatic carbocycles. The Morgan fingerprint density at radius 2 is 1.95 bits per heavy atom. The van der Waals surface area contributed by atoms with Crippen molar-refractivity contribution in [2.45, 2.75) is 38.8 Å². The summed E-state index contributed by atoms with van der Waals surface area (Å²) < 4.78 is 0. The quantitative estimate of drug-likeness (QED) is 0.902. The molecule has 0 atom stereocenters. The number of amidine groups is 1. The Morgan fingerprint density at radius 3 is 2.63 bits per heavy atom. The van der Waals surface area contributed by atoms with Crippen LogP contribution in [-0.4, -0.2) is 41.3 Å². The number of nitrogens with zero attached hydrogens (tertiary/aromatic N) is 2. The predicted octanol–water partition coefficient (Wildman–Crippen LogP) is 2.70. The van der Waals surface area contributed by atoms with Gasteiger partial charge in [0.05, 0.1) is 0 Å². The summed E-state index contributed by atoms with van der Waals surface area (Å²) in [5, 5.41) is 8.37. The van der Waals surface area contributed by atoms with E-state index in [2.05, 4.69) is 34.9 Å². The minimum absolute atomic E-state index is 0.563. The van der Waals surface area contributed by atoms with Gasteiger partial charge in [0.25, 0.3) is 0 Å². The molecule has 1 fully saturated rings. The van der Waals surface area contributed by atoms with Gasteiger partial charge in [-0.1, -0.05) is 31.2 Å². The van der Waals surface area contributed by atoms with Crippen LogP contribution in [0.4, 0.5) is 0 Å². The third kappa shape index (κ3) is 2.39. The number of nitrogens with one attached hydrogen (secondary N) is 1. The first-order chi connectivity index (χ1) is 9.29. The number of rotatable bonds is 3. The molecule has 0 bridgehead atoms. The normalized spacial score (nSPS) is 20.9. The van der Waals surface area contributed by atoms with Crippen LogP contribution in [0.3, 0.4) is 0 Å². The topological polar surface area (TPSA) is 30.3 Å². The summed E-state index contributed by atoms with van der Waals surface area (Å²) >= 11 is 0. The first kappa shape index (κ1) is 12.7. The van der Waals surface area contributed by atoms with E-state index in [0.717, 1.165) is 17.9 Å². The molecule has 1 aromatic rings. The summed E-state index contributed by atoms with van der Waals surface area (Å²) in [6.07, 6.45) is 3.66. The van der Waals surface area contributed by atoms with Crippen molar-refractivity contribution >= 4 is 5.84 Å². The standard InChI is InChI=1S/C16H23N3/c1-2-9-18-10-7-14(8-11-18)19-12-13-5-3-4-6-15(13)16(19)17/h3-6,14,17H,2,7-12H2,1H3. The van der Waals surface area contributed by atoms with E-state index >= 15 is 0 Å². The fourth-order valence-electron chi connectivity index (χ4n) is 3.39. The molecule has 2 heterocycles. The van der Waals surface area contributed by atoms with Gasteiger partial charge in [0, 0.05) is 31.2 Å². The lowest BCUT2D eigenvalue weighted by Gasteiger charge is -2.37. The molecular weight excluding hydrogens is 234 g/mol. The number of hydrogen-bond donors (Lipinski definition) is 1. The smallest absolute Gasteiger partial charge is 0.128 e. The number of likely N-dealkylation sites (tertiary alicyclic amines) is 1. The van der Waals surface area contributed by atoms with Crippen molar-refractivity contribution in [3.05, 3.63) is 35.4 Å². The van der Waals surface area contributed by atoms with Crippen LogP contribution in [0.15, 0.2) is 24.3 Å². The van der Waals surface area contributed by atoms with E-state index in [1.807, 2.05) is 6.07 Å². The van der Waals surface area contributed by atoms with E-state index in [1.165, 1.54) is 44.5 Å². The summed E-state index contributed by atoms with van der Waals surface area (Å²) in [6.45, 7) is 6.80. The zero-order valence-corrected chi connectivity index (χ0v) is 11.7. The van der Waals surface area contributed by atoms with Crippen LogP contribution < -0.4 is 0 Å². The SMILES string of the molecule is CCCN1CCC(N2Cc3ccccc3C2=N)CC1. The van der Waals surface area contributed by atoms with Gasteiger partial charge >= 0.3 is 0 Å². The summed E-state index contributed by atoms with van der Waals surface area (Å²) in [5.41, 5.74) is 2.46. The molecule has 0 aliphatic carbocycles.